The first-order chi connectivity index (χ1) is 10.5. The number of hydrogen-bond donors (Lipinski definition) is 0. The zero-order valence-corrected chi connectivity index (χ0v) is 15.4. The Morgan fingerprint density at radius 3 is 2.45 bits per heavy atom. The highest BCUT2D eigenvalue weighted by atomic mass is 15.1. The van der Waals surface area contributed by atoms with E-state index in [1.54, 1.807) is 0 Å². The average Bonchev–Trinajstić information content (AvgIpc) is 2.53. The van der Waals surface area contributed by atoms with E-state index in [1.165, 1.54) is 55.5 Å². The van der Waals surface area contributed by atoms with Gasteiger partial charge in [-0.15, -0.1) is 0 Å². The van der Waals surface area contributed by atoms with Gasteiger partial charge in [0.2, 0.25) is 0 Å². The monoisotopic (exact) mass is 301 g/mol. The summed E-state index contributed by atoms with van der Waals surface area (Å²) in [5.74, 6) is 1.54. The van der Waals surface area contributed by atoms with E-state index in [1.807, 2.05) is 6.08 Å². The molecule has 1 heterocycles. The van der Waals surface area contributed by atoms with Gasteiger partial charge in [0, 0.05) is 0 Å². The predicted molar refractivity (Wildman–Crippen MR) is 100 cm³/mol. The van der Waals surface area contributed by atoms with Crippen molar-refractivity contribution in [1.82, 2.24) is 4.90 Å². The lowest BCUT2D eigenvalue weighted by Crippen LogP contribution is -2.30. The molecule has 22 heavy (non-hydrogen) atoms. The lowest BCUT2D eigenvalue weighted by atomic mass is 9.84. The van der Waals surface area contributed by atoms with Crippen LogP contribution in [0.2, 0.25) is 0 Å². The molecule has 1 aliphatic rings. The minimum Gasteiger partial charge on any atom is -0.306 e. The van der Waals surface area contributed by atoms with Gasteiger partial charge in [-0.3, -0.25) is 0 Å². The zero-order chi connectivity index (χ0) is 16.5. The Labute approximate surface area is 138 Å². The van der Waals surface area contributed by atoms with E-state index in [4.69, 9.17) is 0 Å². The molecule has 1 unspecified atom stereocenters. The van der Waals surface area contributed by atoms with Gasteiger partial charge < -0.3 is 4.90 Å². The van der Waals surface area contributed by atoms with Crippen molar-refractivity contribution in [2.45, 2.75) is 53.4 Å². The van der Waals surface area contributed by atoms with Crippen molar-refractivity contribution in [2.24, 2.45) is 11.8 Å². The Morgan fingerprint density at radius 1 is 1.27 bits per heavy atom. The number of hydrogen-bond acceptors (Lipinski definition) is 1. The fourth-order valence-corrected chi connectivity index (χ4v) is 3.27. The molecule has 0 bridgehead atoms. The molecule has 1 fully saturated rings. The van der Waals surface area contributed by atoms with Gasteiger partial charge in [0.15, 0.2) is 0 Å². The van der Waals surface area contributed by atoms with Crippen molar-refractivity contribution < 1.29 is 0 Å². The largest absolute Gasteiger partial charge is 0.306 e. The van der Waals surface area contributed by atoms with Crippen LogP contribution in [0.3, 0.4) is 0 Å². The molecule has 1 saturated heterocycles. The minimum atomic E-state index is 0.616. The smallest absolute Gasteiger partial charge is 0.00191 e. The summed E-state index contributed by atoms with van der Waals surface area (Å²) in [6, 6.07) is 0. The molecule has 124 valence electrons. The first kappa shape index (κ1) is 19.0. The van der Waals surface area contributed by atoms with E-state index in [9.17, 15) is 0 Å². The molecule has 0 aliphatic carbocycles. The van der Waals surface area contributed by atoms with Crippen LogP contribution in [0.25, 0.3) is 0 Å². The second kappa shape index (κ2) is 9.84. The molecule has 1 nitrogen and oxygen atoms in total. The summed E-state index contributed by atoms with van der Waals surface area (Å²) in [5, 5.41) is 0. The number of piperidine rings is 1. The van der Waals surface area contributed by atoms with Crippen LogP contribution in [0.15, 0.2) is 47.6 Å². The third-order valence-corrected chi connectivity index (χ3v) is 5.25. The maximum atomic E-state index is 3.81. The molecule has 0 radical (unpaired) electrons. The summed E-state index contributed by atoms with van der Waals surface area (Å²) in [7, 11) is 2.24. The van der Waals surface area contributed by atoms with Crippen LogP contribution >= 0.6 is 0 Å². The number of likely N-dealkylation sites (tertiary alicyclic amines) is 1. The normalized spacial score (nSPS) is 21.0. The van der Waals surface area contributed by atoms with Gasteiger partial charge in [-0.2, -0.15) is 0 Å². The molecule has 1 rings (SSSR count). The topological polar surface area (TPSA) is 3.24 Å². The molecule has 0 spiro atoms. The van der Waals surface area contributed by atoms with Crippen molar-refractivity contribution in [2.75, 3.05) is 20.1 Å². The maximum absolute atomic E-state index is 3.81. The highest BCUT2D eigenvalue weighted by Gasteiger charge is 2.18. The van der Waals surface area contributed by atoms with Crippen LogP contribution in [0.1, 0.15) is 53.4 Å². The Bertz CT molecular complexity index is 431. The second-order valence-corrected chi connectivity index (χ2v) is 6.87. The van der Waals surface area contributed by atoms with Gasteiger partial charge in [0.1, 0.15) is 0 Å². The third-order valence-electron chi connectivity index (χ3n) is 5.25. The molecule has 0 aromatic carbocycles. The Balaban J connectivity index is 2.70. The first-order valence-electron chi connectivity index (χ1n) is 8.81. The zero-order valence-electron chi connectivity index (χ0n) is 15.4. The van der Waals surface area contributed by atoms with Crippen molar-refractivity contribution in [3.05, 3.63) is 47.6 Å². The van der Waals surface area contributed by atoms with Gasteiger partial charge in [-0.05, 0) is 89.6 Å². The fourth-order valence-electron chi connectivity index (χ4n) is 3.27. The molecule has 0 aromatic rings. The molecule has 0 aromatic heterocycles. The third kappa shape index (κ3) is 5.96. The standard InChI is InChI=1S/C21H35N/c1-7-9-10-21(19(5)17(3)8-2)18(4)11-12-20-13-15-22(6)16-14-20/h7-10,18,20H,1,11-16H2,2-6H3/b10-9-,17-8+,21-19-. The molecule has 1 aliphatic heterocycles. The highest BCUT2D eigenvalue weighted by molar-refractivity contribution is 5.39. The molecule has 0 amide bonds. The van der Waals surface area contributed by atoms with Gasteiger partial charge in [0.25, 0.3) is 0 Å². The summed E-state index contributed by atoms with van der Waals surface area (Å²) >= 11 is 0. The van der Waals surface area contributed by atoms with E-state index >= 15 is 0 Å². The van der Waals surface area contributed by atoms with Crippen molar-refractivity contribution >= 4 is 0 Å². The quantitative estimate of drug-likeness (QED) is 0.540. The van der Waals surface area contributed by atoms with E-state index in [0.717, 1.165) is 5.92 Å². The molecule has 1 atom stereocenters. The predicted octanol–water partition coefficient (Wildman–Crippen LogP) is 5.77. The van der Waals surface area contributed by atoms with Crippen molar-refractivity contribution in [3.8, 4) is 0 Å². The summed E-state index contributed by atoms with van der Waals surface area (Å²) in [6.07, 6.45) is 13.8. The highest BCUT2D eigenvalue weighted by Crippen LogP contribution is 2.29. The summed E-state index contributed by atoms with van der Waals surface area (Å²) in [5.41, 5.74) is 4.29. The van der Waals surface area contributed by atoms with Crippen LogP contribution < -0.4 is 0 Å². The molecular formula is C21H35N. The second-order valence-electron chi connectivity index (χ2n) is 6.87. The number of allylic oxidation sites excluding steroid dienone is 7. The van der Waals surface area contributed by atoms with Crippen LogP contribution in [0.5, 0.6) is 0 Å². The Kier molecular flexibility index (Phi) is 8.48. The van der Waals surface area contributed by atoms with Gasteiger partial charge in [0.05, 0.1) is 0 Å². The first-order valence-corrected chi connectivity index (χ1v) is 8.81. The minimum absolute atomic E-state index is 0.616. The van der Waals surface area contributed by atoms with Crippen molar-refractivity contribution in [1.29, 1.82) is 0 Å². The maximum Gasteiger partial charge on any atom is -0.00191 e. The summed E-state index contributed by atoms with van der Waals surface area (Å²) in [4.78, 5) is 2.46. The van der Waals surface area contributed by atoms with Crippen LogP contribution in [-0.4, -0.2) is 25.0 Å². The molecule has 0 saturated carbocycles. The lowest BCUT2D eigenvalue weighted by molar-refractivity contribution is 0.207. The molecule has 0 N–H and O–H groups in total. The van der Waals surface area contributed by atoms with E-state index in [2.05, 4.69) is 64.4 Å². The molecular weight excluding hydrogens is 266 g/mol. The van der Waals surface area contributed by atoms with E-state index < -0.39 is 0 Å². The van der Waals surface area contributed by atoms with E-state index in [0.29, 0.717) is 5.92 Å². The molecule has 1 heteroatoms. The van der Waals surface area contributed by atoms with Crippen molar-refractivity contribution in [3.63, 3.8) is 0 Å². The van der Waals surface area contributed by atoms with E-state index in [-0.39, 0.29) is 0 Å². The Morgan fingerprint density at radius 2 is 1.91 bits per heavy atom. The lowest BCUT2D eigenvalue weighted by Gasteiger charge is -2.29. The van der Waals surface area contributed by atoms with Gasteiger partial charge in [-0.25, -0.2) is 0 Å². The average molecular weight is 302 g/mol. The van der Waals surface area contributed by atoms with Gasteiger partial charge in [-0.1, -0.05) is 43.4 Å². The van der Waals surface area contributed by atoms with Crippen LogP contribution in [0.4, 0.5) is 0 Å². The van der Waals surface area contributed by atoms with Crippen LogP contribution in [-0.2, 0) is 0 Å². The number of rotatable bonds is 7. The Hall–Kier alpha value is -1.08. The van der Waals surface area contributed by atoms with Crippen LogP contribution in [0, 0.1) is 11.8 Å². The number of nitrogens with zero attached hydrogens (tertiary/aromatic N) is 1. The fraction of sp³-hybridized carbons (Fsp3) is 0.619. The SMILES string of the molecule is C=C\C=C/C(=C(C)/C(C)=C/C)C(C)CCC1CCN(C)CC1. The van der Waals surface area contributed by atoms with Gasteiger partial charge >= 0.3 is 0 Å². The summed E-state index contributed by atoms with van der Waals surface area (Å²) in [6.45, 7) is 15.3. The summed E-state index contributed by atoms with van der Waals surface area (Å²) < 4.78 is 0.